The zero-order chi connectivity index (χ0) is 11.5. The minimum absolute atomic E-state index is 0.685. The zero-order valence-corrected chi connectivity index (χ0v) is 11.1. The maximum atomic E-state index is 3.86. The SMILES string of the molecule is C=CC(C)C(C)CCCCCCCCC. The molecule has 0 aromatic carbocycles. The molecule has 15 heavy (non-hydrogen) atoms. The third-order valence-electron chi connectivity index (χ3n) is 3.53. The van der Waals surface area contributed by atoms with E-state index in [1.54, 1.807) is 0 Å². The van der Waals surface area contributed by atoms with Crippen molar-refractivity contribution in [3.05, 3.63) is 12.7 Å². The second kappa shape index (κ2) is 10.3. The summed E-state index contributed by atoms with van der Waals surface area (Å²) in [5.74, 6) is 1.50. The van der Waals surface area contributed by atoms with Crippen molar-refractivity contribution >= 4 is 0 Å². The maximum Gasteiger partial charge on any atom is -0.0239 e. The van der Waals surface area contributed by atoms with Crippen LogP contribution in [0.1, 0.15) is 72.1 Å². The molecule has 0 aliphatic carbocycles. The lowest BCUT2D eigenvalue weighted by Gasteiger charge is -2.15. The lowest BCUT2D eigenvalue weighted by Crippen LogP contribution is -2.04. The molecule has 0 aliphatic heterocycles. The molecule has 0 saturated heterocycles. The van der Waals surface area contributed by atoms with Gasteiger partial charge in [-0.05, 0) is 11.8 Å². The van der Waals surface area contributed by atoms with E-state index in [-0.39, 0.29) is 0 Å². The first-order valence-corrected chi connectivity index (χ1v) is 6.84. The Morgan fingerprint density at radius 1 is 0.933 bits per heavy atom. The van der Waals surface area contributed by atoms with Gasteiger partial charge in [-0.2, -0.15) is 0 Å². The van der Waals surface area contributed by atoms with Gasteiger partial charge in [-0.15, -0.1) is 6.58 Å². The van der Waals surface area contributed by atoms with Gasteiger partial charge in [0.1, 0.15) is 0 Å². The molecule has 2 atom stereocenters. The van der Waals surface area contributed by atoms with Crippen LogP contribution in [0.3, 0.4) is 0 Å². The summed E-state index contributed by atoms with van der Waals surface area (Å²) in [5, 5.41) is 0. The van der Waals surface area contributed by atoms with Crippen molar-refractivity contribution in [1.82, 2.24) is 0 Å². The maximum absolute atomic E-state index is 3.86. The summed E-state index contributed by atoms with van der Waals surface area (Å²) >= 11 is 0. The van der Waals surface area contributed by atoms with Gasteiger partial charge in [-0.3, -0.25) is 0 Å². The molecular weight excluding hydrogens is 180 g/mol. The molecule has 0 aliphatic rings. The fraction of sp³-hybridized carbons (Fsp3) is 0.867. The monoisotopic (exact) mass is 210 g/mol. The van der Waals surface area contributed by atoms with Gasteiger partial charge in [0.25, 0.3) is 0 Å². The molecule has 0 radical (unpaired) electrons. The zero-order valence-electron chi connectivity index (χ0n) is 11.1. The second-order valence-corrected chi connectivity index (χ2v) is 4.98. The first-order valence-electron chi connectivity index (χ1n) is 6.84. The standard InChI is InChI=1S/C15H30/c1-5-7-8-9-10-11-12-13-15(4)14(3)6-2/h6,14-15H,2,5,7-13H2,1,3-4H3. The molecular formula is C15H30. The van der Waals surface area contributed by atoms with Crippen LogP contribution in [0.5, 0.6) is 0 Å². The lowest BCUT2D eigenvalue weighted by molar-refractivity contribution is 0.405. The second-order valence-electron chi connectivity index (χ2n) is 4.98. The van der Waals surface area contributed by atoms with Crippen LogP contribution < -0.4 is 0 Å². The Balaban J connectivity index is 3.19. The van der Waals surface area contributed by atoms with Gasteiger partial charge in [0.05, 0.1) is 0 Å². The highest BCUT2D eigenvalue weighted by molar-refractivity contribution is 4.78. The van der Waals surface area contributed by atoms with E-state index in [9.17, 15) is 0 Å². The van der Waals surface area contributed by atoms with Gasteiger partial charge in [-0.1, -0.05) is 78.2 Å². The van der Waals surface area contributed by atoms with E-state index in [2.05, 4.69) is 33.4 Å². The largest absolute Gasteiger partial charge is 0.103 e. The molecule has 0 nitrogen and oxygen atoms in total. The van der Waals surface area contributed by atoms with E-state index in [0.717, 1.165) is 5.92 Å². The topological polar surface area (TPSA) is 0 Å². The summed E-state index contributed by atoms with van der Waals surface area (Å²) in [5.41, 5.74) is 0. The predicted octanol–water partition coefficient (Wildman–Crippen LogP) is 5.59. The van der Waals surface area contributed by atoms with Gasteiger partial charge in [-0.25, -0.2) is 0 Å². The smallest absolute Gasteiger partial charge is 0.0239 e. The first-order chi connectivity index (χ1) is 7.22. The average molecular weight is 210 g/mol. The van der Waals surface area contributed by atoms with Crippen LogP contribution in [-0.4, -0.2) is 0 Å². The quantitative estimate of drug-likeness (QED) is 0.326. The van der Waals surface area contributed by atoms with Crippen LogP contribution in [0, 0.1) is 11.8 Å². The van der Waals surface area contributed by atoms with Crippen LogP contribution in [0.15, 0.2) is 12.7 Å². The van der Waals surface area contributed by atoms with E-state index < -0.39 is 0 Å². The van der Waals surface area contributed by atoms with Gasteiger partial charge < -0.3 is 0 Å². The highest BCUT2D eigenvalue weighted by Gasteiger charge is 2.07. The molecule has 0 bridgehead atoms. The van der Waals surface area contributed by atoms with Crippen molar-refractivity contribution < 1.29 is 0 Å². The first kappa shape index (κ1) is 14.7. The Hall–Kier alpha value is -0.260. The molecule has 90 valence electrons. The van der Waals surface area contributed by atoms with Crippen molar-refractivity contribution in [3.8, 4) is 0 Å². The summed E-state index contributed by atoms with van der Waals surface area (Å²) < 4.78 is 0. The van der Waals surface area contributed by atoms with Gasteiger partial charge in [0, 0.05) is 0 Å². The van der Waals surface area contributed by atoms with E-state index in [4.69, 9.17) is 0 Å². The molecule has 0 saturated carbocycles. The minimum atomic E-state index is 0.685. The lowest BCUT2D eigenvalue weighted by atomic mass is 9.91. The van der Waals surface area contributed by atoms with Crippen molar-refractivity contribution in [2.24, 2.45) is 11.8 Å². The van der Waals surface area contributed by atoms with Crippen molar-refractivity contribution in [2.45, 2.75) is 72.1 Å². The number of unbranched alkanes of at least 4 members (excludes halogenated alkanes) is 6. The van der Waals surface area contributed by atoms with Crippen molar-refractivity contribution in [1.29, 1.82) is 0 Å². The molecule has 0 heterocycles. The Morgan fingerprint density at radius 2 is 1.47 bits per heavy atom. The molecule has 0 aromatic heterocycles. The molecule has 0 spiro atoms. The molecule has 0 rings (SSSR count). The van der Waals surface area contributed by atoms with Gasteiger partial charge >= 0.3 is 0 Å². The normalized spacial score (nSPS) is 14.9. The summed E-state index contributed by atoms with van der Waals surface area (Å²) in [6, 6.07) is 0. The summed E-state index contributed by atoms with van der Waals surface area (Å²) in [6.07, 6.45) is 13.4. The molecule has 0 amide bonds. The highest BCUT2D eigenvalue weighted by atomic mass is 14.1. The van der Waals surface area contributed by atoms with E-state index in [1.165, 1.54) is 51.4 Å². The van der Waals surface area contributed by atoms with Crippen LogP contribution in [0.2, 0.25) is 0 Å². The molecule has 0 N–H and O–H groups in total. The van der Waals surface area contributed by atoms with Crippen LogP contribution in [0.4, 0.5) is 0 Å². The number of rotatable bonds is 10. The van der Waals surface area contributed by atoms with Crippen LogP contribution >= 0.6 is 0 Å². The van der Waals surface area contributed by atoms with Crippen molar-refractivity contribution in [3.63, 3.8) is 0 Å². The number of hydrogen-bond acceptors (Lipinski definition) is 0. The van der Waals surface area contributed by atoms with E-state index in [0.29, 0.717) is 5.92 Å². The fourth-order valence-electron chi connectivity index (χ4n) is 1.92. The molecule has 2 unspecified atom stereocenters. The minimum Gasteiger partial charge on any atom is -0.103 e. The average Bonchev–Trinajstić information content (AvgIpc) is 2.26. The third-order valence-corrected chi connectivity index (χ3v) is 3.53. The Bertz CT molecular complexity index is 137. The van der Waals surface area contributed by atoms with Crippen LogP contribution in [-0.2, 0) is 0 Å². The van der Waals surface area contributed by atoms with Crippen LogP contribution in [0.25, 0.3) is 0 Å². The van der Waals surface area contributed by atoms with Crippen molar-refractivity contribution in [2.75, 3.05) is 0 Å². The molecule has 0 fully saturated rings. The van der Waals surface area contributed by atoms with Gasteiger partial charge in [0.2, 0.25) is 0 Å². The summed E-state index contributed by atoms with van der Waals surface area (Å²) in [4.78, 5) is 0. The predicted molar refractivity (Wildman–Crippen MR) is 71.1 cm³/mol. The molecule has 0 aromatic rings. The summed E-state index contributed by atoms with van der Waals surface area (Å²) in [7, 11) is 0. The number of hydrogen-bond donors (Lipinski definition) is 0. The van der Waals surface area contributed by atoms with E-state index >= 15 is 0 Å². The van der Waals surface area contributed by atoms with Gasteiger partial charge in [0.15, 0.2) is 0 Å². The highest BCUT2D eigenvalue weighted by Crippen LogP contribution is 2.19. The fourth-order valence-corrected chi connectivity index (χ4v) is 1.92. The molecule has 0 heteroatoms. The Kier molecular flexibility index (Phi) is 10.1. The third kappa shape index (κ3) is 8.72. The Labute approximate surface area is 97.2 Å². The number of allylic oxidation sites excluding steroid dienone is 1. The van der Waals surface area contributed by atoms with E-state index in [1.807, 2.05) is 0 Å². The Morgan fingerprint density at radius 3 is 2.00 bits per heavy atom. The summed E-state index contributed by atoms with van der Waals surface area (Å²) in [6.45, 7) is 10.8.